The molecule has 0 saturated carbocycles. The fraction of sp³-hybridized carbons (Fsp3) is 0.375. The minimum Gasteiger partial charge on any atom is -0.476 e. The lowest BCUT2D eigenvalue weighted by Gasteiger charge is -2.28. The van der Waals surface area contributed by atoms with Crippen LogP contribution in [0.15, 0.2) is 81.6 Å². The van der Waals surface area contributed by atoms with Gasteiger partial charge in [-0.1, -0.05) is 65.8 Å². The highest BCUT2D eigenvalue weighted by atomic mass is 19.1. The molecular formula is C56H55F2N7O12. The highest BCUT2D eigenvalue weighted by molar-refractivity contribution is 5.97. The van der Waals surface area contributed by atoms with Gasteiger partial charge in [0.05, 0.1) is 13.7 Å². The largest absolute Gasteiger partial charge is 0.476 e. The molecule has 0 radical (unpaired) electrons. The molecule has 0 saturated heterocycles. The van der Waals surface area contributed by atoms with E-state index >= 15 is 0 Å². The molecule has 0 aliphatic carbocycles. The van der Waals surface area contributed by atoms with Crippen molar-refractivity contribution in [2.45, 2.75) is 95.8 Å². The maximum atomic E-state index is 14.9. The Kier molecular flexibility index (Phi) is 12.4. The van der Waals surface area contributed by atoms with Crippen LogP contribution in [0.4, 0.5) is 20.2 Å². The van der Waals surface area contributed by atoms with Crippen LogP contribution in [0.2, 0.25) is 0 Å². The Morgan fingerprint density at radius 3 is 1.57 bits per heavy atom. The number of amides is 3. The molecule has 8 bridgehead atoms. The number of halogens is 2. The lowest BCUT2D eigenvalue weighted by Crippen LogP contribution is -2.46. The number of nitrogens with one attached hydrogen (secondary N) is 5. The summed E-state index contributed by atoms with van der Waals surface area (Å²) in [4.78, 5) is 73.9. The summed E-state index contributed by atoms with van der Waals surface area (Å²) in [6, 6.07) is 17.0. The minimum absolute atomic E-state index is 0.0443. The predicted molar refractivity (Wildman–Crippen MR) is 269 cm³/mol. The van der Waals surface area contributed by atoms with Gasteiger partial charge in [-0.15, -0.1) is 0 Å². The van der Waals surface area contributed by atoms with E-state index in [9.17, 15) is 43.0 Å². The highest BCUT2D eigenvalue weighted by Crippen LogP contribution is 2.60. The van der Waals surface area contributed by atoms with Crippen molar-refractivity contribution in [3.63, 3.8) is 0 Å². The smallest absolute Gasteiger partial charge is 0.358 e. The molecule has 6 aromatic rings. The highest BCUT2D eigenvalue weighted by Gasteiger charge is 2.63. The molecule has 8 heterocycles. The van der Waals surface area contributed by atoms with E-state index in [1.54, 1.807) is 24.3 Å². The van der Waals surface area contributed by atoms with Crippen molar-refractivity contribution < 1.29 is 66.0 Å². The van der Waals surface area contributed by atoms with Crippen molar-refractivity contribution in [1.29, 1.82) is 0 Å². The Hall–Kier alpha value is -8.33. The first kappa shape index (κ1) is 50.8. The number of ether oxygens (including phenoxy) is 3. The fourth-order valence-electron chi connectivity index (χ4n) is 11.6. The van der Waals surface area contributed by atoms with Crippen LogP contribution in [0.5, 0.6) is 11.5 Å². The van der Waals surface area contributed by atoms with Crippen molar-refractivity contribution in [2.24, 2.45) is 23.7 Å². The molecule has 21 heteroatoms. The number of methoxy groups -OCH3 is 1. The normalized spacial score (nSPS) is 25.1. The van der Waals surface area contributed by atoms with Gasteiger partial charge in [0, 0.05) is 45.5 Å². The lowest BCUT2D eigenvalue weighted by molar-refractivity contribution is -0.143. The quantitative estimate of drug-likeness (QED) is 0.0835. The van der Waals surface area contributed by atoms with Crippen LogP contribution in [0.25, 0.3) is 0 Å². The second-order valence-corrected chi connectivity index (χ2v) is 21.1. The van der Waals surface area contributed by atoms with E-state index in [1.807, 2.05) is 65.8 Å². The molecule has 400 valence electrons. The molecule has 19 nitrogen and oxygen atoms in total. The lowest BCUT2D eigenvalue weighted by atomic mass is 9.72. The monoisotopic (exact) mass is 1060 g/mol. The second-order valence-electron chi connectivity index (χ2n) is 21.1. The third-order valence-corrected chi connectivity index (χ3v) is 15.4. The topological polar surface area (TPSA) is 266 Å². The van der Waals surface area contributed by atoms with Crippen molar-refractivity contribution in [3.8, 4) is 11.5 Å². The summed E-state index contributed by atoms with van der Waals surface area (Å²) in [5.74, 6) is -4.15. The van der Waals surface area contributed by atoms with Gasteiger partial charge < -0.3 is 59.8 Å². The van der Waals surface area contributed by atoms with Gasteiger partial charge >= 0.3 is 11.9 Å². The van der Waals surface area contributed by atoms with E-state index in [-0.39, 0.29) is 64.3 Å². The number of rotatable bonds is 7. The first-order valence-corrected chi connectivity index (χ1v) is 25.4. The molecule has 2 spiro atoms. The number of fused-ring (bicyclic) bond motifs is 8. The van der Waals surface area contributed by atoms with Gasteiger partial charge in [-0.2, -0.15) is 0 Å². The molecule has 9 atom stereocenters. The molecule has 4 aromatic carbocycles. The average molecular weight is 1060 g/mol. The Balaban J connectivity index is 0.000000166. The Bertz CT molecular complexity index is 3450. The van der Waals surface area contributed by atoms with Gasteiger partial charge in [-0.05, 0) is 84.3 Å². The Morgan fingerprint density at radius 1 is 0.688 bits per heavy atom. The van der Waals surface area contributed by atoms with Crippen molar-refractivity contribution >= 4 is 41.0 Å². The molecule has 3 amide bonds. The number of aliphatic hydroxyl groups excluding tert-OH is 1. The molecule has 6 aliphatic rings. The molecule has 0 fully saturated rings. The van der Waals surface area contributed by atoms with Crippen LogP contribution in [-0.4, -0.2) is 82.1 Å². The molecule has 77 heavy (non-hydrogen) atoms. The Morgan fingerprint density at radius 2 is 1.14 bits per heavy atom. The van der Waals surface area contributed by atoms with Crippen molar-refractivity contribution in [3.05, 3.63) is 153 Å². The van der Waals surface area contributed by atoms with E-state index < -0.39 is 83.4 Å². The first-order valence-electron chi connectivity index (χ1n) is 25.4. The minimum atomic E-state index is -1.38. The molecule has 12 rings (SSSR count). The third-order valence-electron chi connectivity index (χ3n) is 15.4. The van der Waals surface area contributed by atoms with Gasteiger partial charge in [0.25, 0.3) is 5.91 Å². The maximum absolute atomic E-state index is 14.9. The summed E-state index contributed by atoms with van der Waals surface area (Å²) >= 11 is 0. The average Bonchev–Trinajstić information content (AvgIpc) is 4.25. The fourth-order valence-corrected chi connectivity index (χ4v) is 11.6. The SMILES string of the molecule is CC1Cc2ccc3c(c2)[C@@]2(c4cc(F)ccc4N[C@@H]2O3)c2oc(nc2C(=O)O)[C@H](C(C)C)NC1=O.COC(=O)[C@H](CO)NC(=O)c1nc2oc1[C@@]13c4cc(F)ccc4N[C@@H]1Oc1ccc(cc13)CC(C)C(=O)N[C@H]2C(C)C. The molecule has 2 aromatic heterocycles. The zero-order valence-corrected chi connectivity index (χ0v) is 42.9. The van der Waals surface area contributed by atoms with Crippen LogP contribution < -0.4 is 36.1 Å². The van der Waals surface area contributed by atoms with Crippen LogP contribution in [0.3, 0.4) is 0 Å². The number of hydrogen-bond acceptors (Lipinski definition) is 15. The number of aliphatic hydroxyl groups is 1. The number of aromatic nitrogens is 2. The van der Waals surface area contributed by atoms with E-state index in [1.165, 1.54) is 24.3 Å². The number of carboxylic acids is 1. The summed E-state index contributed by atoms with van der Waals surface area (Å²) < 4.78 is 59.6. The summed E-state index contributed by atoms with van der Waals surface area (Å²) in [5.41, 5.74) is 2.01. The van der Waals surface area contributed by atoms with Crippen LogP contribution in [0, 0.1) is 35.3 Å². The third kappa shape index (κ3) is 7.94. The van der Waals surface area contributed by atoms with Crippen LogP contribution in [-0.2, 0) is 42.8 Å². The van der Waals surface area contributed by atoms with E-state index in [4.69, 9.17) is 23.0 Å². The number of carboxylic acid groups (broad SMARTS) is 1. The second kappa shape index (κ2) is 18.7. The van der Waals surface area contributed by atoms with E-state index in [0.717, 1.165) is 18.2 Å². The number of aromatic carboxylic acids is 1. The van der Waals surface area contributed by atoms with E-state index in [2.05, 4.69) is 36.6 Å². The number of carbonyl (C=O) groups excluding carboxylic acids is 4. The standard InChI is InChI=1S/C30H31FN4O7.C26H24FN3O5/c1-13(2)22-27-35-23(26(38)32-20(12-36)28(39)40-4)24(42-27)30-17-11-16(31)6-7-19(17)33-29(30)41-21-8-5-15(10-18(21)30)9-14(3)25(37)34-22;1-11(2)19-23-30-20(24(32)33)21(35-23)26-15-10-14(27)5-6-17(15)28-25(26)34-18-7-4-13(9-16(18)26)8-12(3)22(31)29-19/h5-8,10-11,13-14,20,22,29,33,36H,9,12H2,1-4H3,(H,32,38)(H,34,37);4-7,9-12,19,25,28H,8H2,1-3H3,(H,29,31)(H,32,33)/t14?,20-,22-,29+,30-;12?,19-,25+,26-/m00/s1. The van der Waals surface area contributed by atoms with Crippen molar-refractivity contribution in [2.75, 3.05) is 24.4 Å². The Labute approximate surface area is 439 Å². The summed E-state index contributed by atoms with van der Waals surface area (Å²) in [6.45, 7) is 10.5. The van der Waals surface area contributed by atoms with Gasteiger partial charge in [0.15, 0.2) is 41.4 Å². The molecule has 7 N–H and O–H groups in total. The van der Waals surface area contributed by atoms with Gasteiger partial charge in [0.2, 0.25) is 23.6 Å². The zero-order valence-electron chi connectivity index (χ0n) is 42.9. The molecule has 6 aliphatic heterocycles. The van der Waals surface area contributed by atoms with Crippen LogP contribution >= 0.6 is 0 Å². The number of carbonyl (C=O) groups is 5. The summed E-state index contributed by atoms with van der Waals surface area (Å²) in [5, 5.41) is 35.0. The van der Waals surface area contributed by atoms with Gasteiger partial charge in [-0.3, -0.25) is 14.4 Å². The first-order chi connectivity index (χ1) is 36.8. The summed E-state index contributed by atoms with van der Waals surface area (Å²) in [7, 11) is 1.14. The van der Waals surface area contributed by atoms with Gasteiger partial charge in [0.1, 0.15) is 46.0 Å². The number of esters is 1. The predicted octanol–water partition coefficient (Wildman–Crippen LogP) is 6.56. The summed E-state index contributed by atoms with van der Waals surface area (Å²) in [6.07, 6.45) is -0.721. The van der Waals surface area contributed by atoms with Crippen molar-refractivity contribution in [1.82, 2.24) is 25.9 Å². The number of nitrogens with zero attached hydrogens (tertiary/aromatic N) is 2. The van der Waals surface area contributed by atoms with E-state index in [0.29, 0.717) is 58.0 Å². The van der Waals surface area contributed by atoms with Gasteiger partial charge in [-0.25, -0.2) is 28.3 Å². The van der Waals surface area contributed by atoms with Crippen LogP contribution in [0.1, 0.15) is 131 Å². The molecular weight excluding hydrogens is 1000 g/mol. The number of anilines is 2. The maximum Gasteiger partial charge on any atom is 0.358 e. The molecule has 2 unspecified atom stereocenters. The number of hydrogen-bond donors (Lipinski definition) is 7. The number of benzene rings is 4. The number of oxazole rings is 2. The zero-order chi connectivity index (χ0) is 54.6.